The molecule has 2 aromatic carbocycles. The highest BCUT2D eigenvalue weighted by atomic mass is 35.5. The highest BCUT2D eigenvalue weighted by Crippen LogP contribution is 2.31. The molecule has 1 aliphatic heterocycles. The number of hydrogen-bond acceptors (Lipinski definition) is 4. The molecule has 30 heavy (non-hydrogen) atoms. The molecule has 2 N–H and O–H groups in total. The summed E-state index contributed by atoms with van der Waals surface area (Å²) in [5.74, 6) is -0.540. The molecular formula is C20H19Cl2N3O4S. The van der Waals surface area contributed by atoms with Gasteiger partial charge in [-0.3, -0.25) is 9.59 Å². The number of hydrogen-bond donors (Lipinski definition) is 2. The Balaban J connectivity index is 1.59. The number of sulfonamides is 1. The number of nitrogens with one attached hydrogen (secondary N) is 2. The van der Waals surface area contributed by atoms with Gasteiger partial charge in [0.1, 0.15) is 4.90 Å². The number of amides is 2. The Hall–Kier alpha value is -2.13. The van der Waals surface area contributed by atoms with Crippen LogP contribution in [0.3, 0.4) is 0 Å². The molecule has 1 heterocycles. The molecule has 2 amide bonds. The van der Waals surface area contributed by atoms with Gasteiger partial charge in [0.05, 0.1) is 15.6 Å². The predicted octanol–water partition coefficient (Wildman–Crippen LogP) is 3.81. The molecule has 7 nitrogen and oxygen atoms in total. The van der Waals surface area contributed by atoms with Crippen molar-refractivity contribution in [3.63, 3.8) is 0 Å². The molecule has 4 rings (SSSR count). The van der Waals surface area contributed by atoms with Crippen molar-refractivity contribution in [2.45, 2.75) is 36.6 Å². The third kappa shape index (κ3) is 4.46. The summed E-state index contributed by atoms with van der Waals surface area (Å²) in [6.45, 7) is 0.633. The molecule has 0 spiro atoms. The second-order valence-electron chi connectivity index (χ2n) is 7.31. The fourth-order valence-electron chi connectivity index (χ4n) is 3.26. The molecule has 10 heteroatoms. The van der Waals surface area contributed by atoms with E-state index in [-0.39, 0.29) is 32.5 Å². The Morgan fingerprint density at radius 3 is 2.53 bits per heavy atom. The lowest BCUT2D eigenvalue weighted by molar-refractivity contribution is -0.117. The summed E-state index contributed by atoms with van der Waals surface area (Å²) in [6, 6.07) is 9.22. The standard InChI is InChI=1S/C20H19Cl2N3O4S/c21-16-11-17(22)18(30(28,29)24-12-6-7-12)10-15(16)20(27)23-13-3-1-4-14(9-13)25-8-2-5-19(25)26/h1,3-4,9-12,24H,2,5-8H2,(H,23,27). The van der Waals surface area contributed by atoms with Crippen LogP contribution < -0.4 is 14.9 Å². The number of anilines is 2. The third-order valence-corrected chi connectivity index (χ3v) is 7.24. The summed E-state index contributed by atoms with van der Waals surface area (Å²) in [5.41, 5.74) is 1.14. The molecule has 2 aromatic rings. The van der Waals surface area contributed by atoms with Gasteiger partial charge in [-0.25, -0.2) is 13.1 Å². The van der Waals surface area contributed by atoms with Gasteiger partial charge >= 0.3 is 0 Å². The smallest absolute Gasteiger partial charge is 0.257 e. The first-order valence-corrected chi connectivity index (χ1v) is 11.7. The Kier molecular flexibility index (Phi) is 5.76. The summed E-state index contributed by atoms with van der Waals surface area (Å²) >= 11 is 12.3. The summed E-state index contributed by atoms with van der Waals surface area (Å²) in [6.07, 6.45) is 2.84. The van der Waals surface area contributed by atoms with Crippen molar-refractivity contribution in [1.82, 2.24) is 4.72 Å². The van der Waals surface area contributed by atoms with E-state index in [1.54, 1.807) is 29.2 Å². The normalized spacial score (nSPS) is 16.7. The summed E-state index contributed by atoms with van der Waals surface area (Å²) in [7, 11) is -3.86. The van der Waals surface area contributed by atoms with Crippen LogP contribution in [0, 0.1) is 0 Å². The molecule has 0 radical (unpaired) electrons. The van der Waals surface area contributed by atoms with E-state index in [2.05, 4.69) is 10.0 Å². The molecule has 0 unspecified atom stereocenters. The quantitative estimate of drug-likeness (QED) is 0.674. The van der Waals surface area contributed by atoms with Crippen LogP contribution in [0.5, 0.6) is 0 Å². The van der Waals surface area contributed by atoms with Crippen molar-refractivity contribution in [2.75, 3.05) is 16.8 Å². The second-order valence-corrected chi connectivity index (χ2v) is 9.81. The largest absolute Gasteiger partial charge is 0.322 e. The maximum atomic E-state index is 12.8. The molecule has 1 saturated carbocycles. The van der Waals surface area contributed by atoms with Crippen molar-refractivity contribution in [2.24, 2.45) is 0 Å². The third-order valence-electron chi connectivity index (χ3n) is 4.94. The van der Waals surface area contributed by atoms with E-state index >= 15 is 0 Å². The van der Waals surface area contributed by atoms with Crippen molar-refractivity contribution >= 4 is 56.4 Å². The SMILES string of the molecule is O=C(Nc1cccc(N2CCCC2=O)c1)c1cc(S(=O)(=O)NC2CC2)c(Cl)cc1Cl. The number of nitrogens with zero attached hydrogens (tertiary/aromatic N) is 1. The number of rotatable bonds is 6. The van der Waals surface area contributed by atoms with Crippen LogP contribution in [0.1, 0.15) is 36.0 Å². The number of halogens is 2. The van der Waals surface area contributed by atoms with Crippen LogP contribution in [0.2, 0.25) is 10.0 Å². The van der Waals surface area contributed by atoms with Crippen LogP contribution >= 0.6 is 23.2 Å². The number of benzene rings is 2. The van der Waals surface area contributed by atoms with E-state index < -0.39 is 15.9 Å². The summed E-state index contributed by atoms with van der Waals surface area (Å²) < 4.78 is 27.7. The monoisotopic (exact) mass is 467 g/mol. The Morgan fingerprint density at radius 1 is 1.10 bits per heavy atom. The number of carbonyl (C=O) groups is 2. The Labute approximate surface area is 184 Å². The zero-order valence-corrected chi connectivity index (χ0v) is 18.1. The number of carbonyl (C=O) groups excluding carboxylic acids is 2. The molecule has 0 bridgehead atoms. The van der Waals surface area contributed by atoms with Gasteiger partial charge in [0, 0.05) is 30.4 Å². The van der Waals surface area contributed by atoms with E-state index in [1.165, 1.54) is 12.1 Å². The van der Waals surface area contributed by atoms with Gasteiger partial charge in [0.25, 0.3) is 5.91 Å². The van der Waals surface area contributed by atoms with E-state index in [1.807, 2.05) is 0 Å². The lowest BCUT2D eigenvalue weighted by Crippen LogP contribution is -2.26. The van der Waals surface area contributed by atoms with Gasteiger partial charge in [-0.1, -0.05) is 29.3 Å². The van der Waals surface area contributed by atoms with Crippen LogP contribution in [0.4, 0.5) is 11.4 Å². The van der Waals surface area contributed by atoms with E-state index in [0.717, 1.165) is 19.3 Å². The molecule has 0 atom stereocenters. The average molecular weight is 468 g/mol. The predicted molar refractivity (Wildman–Crippen MR) is 116 cm³/mol. The summed E-state index contributed by atoms with van der Waals surface area (Å²) in [5, 5.41) is 2.69. The lowest BCUT2D eigenvalue weighted by atomic mass is 10.2. The van der Waals surface area contributed by atoms with E-state index in [0.29, 0.717) is 24.3 Å². The molecule has 158 valence electrons. The van der Waals surface area contributed by atoms with E-state index in [9.17, 15) is 18.0 Å². The van der Waals surface area contributed by atoms with Crippen molar-refractivity contribution in [3.05, 3.63) is 52.0 Å². The Morgan fingerprint density at radius 2 is 1.87 bits per heavy atom. The van der Waals surface area contributed by atoms with Crippen molar-refractivity contribution < 1.29 is 18.0 Å². The highest BCUT2D eigenvalue weighted by molar-refractivity contribution is 7.89. The zero-order chi connectivity index (χ0) is 21.5. The second kappa shape index (κ2) is 8.19. The van der Waals surface area contributed by atoms with Crippen LogP contribution in [-0.2, 0) is 14.8 Å². The maximum Gasteiger partial charge on any atom is 0.257 e. The van der Waals surface area contributed by atoms with E-state index in [4.69, 9.17) is 23.2 Å². The molecule has 2 fully saturated rings. The molecule has 0 aromatic heterocycles. The highest BCUT2D eigenvalue weighted by Gasteiger charge is 2.30. The lowest BCUT2D eigenvalue weighted by Gasteiger charge is -2.17. The first-order valence-electron chi connectivity index (χ1n) is 9.48. The van der Waals surface area contributed by atoms with Gasteiger partial charge in [0.15, 0.2) is 0 Å². The minimum atomic E-state index is -3.86. The van der Waals surface area contributed by atoms with Crippen LogP contribution in [-0.4, -0.2) is 32.8 Å². The molecule has 2 aliphatic rings. The first kappa shape index (κ1) is 21.1. The minimum absolute atomic E-state index is 0.0140. The zero-order valence-electron chi connectivity index (χ0n) is 15.8. The van der Waals surface area contributed by atoms with Gasteiger partial charge in [-0.05, 0) is 49.6 Å². The van der Waals surface area contributed by atoms with Crippen LogP contribution in [0.15, 0.2) is 41.3 Å². The average Bonchev–Trinajstić information content (AvgIpc) is 3.37. The minimum Gasteiger partial charge on any atom is -0.322 e. The van der Waals surface area contributed by atoms with Crippen molar-refractivity contribution in [3.8, 4) is 0 Å². The van der Waals surface area contributed by atoms with Gasteiger partial charge in [-0.15, -0.1) is 0 Å². The van der Waals surface area contributed by atoms with Gasteiger partial charge < -0.3 is 10.2 Å². The molecular weight excluding hydrogens is 449 g/mol. The van der Waals surface area contributed by atoms with Gasteiger partial charge in [-0.2, -0.15) is 0 Å². The fourth-order valence-corrected chi connectivity index (χ4v) is 5.43. The van der Waals surface area contributed by atoms with Crippen LogP contribution in [0.25, 0.3) is 0 Å². The molecule has 1 aliphatic carbocycles. The topological polar surface area (TPSA) is 95.6 Å². The molecule has 1 saturated heterocycles. The van der Waals surface area contributed by atoms with Crippen molar-refractivity contribution in [1.29, 1.82) is 0 Å². The Bertz CT molecular complexity index is 1130. The first-order chi connectivity index (χ1) is 14.2. The summed E-state index contributed by atoms with van der Waals surface area (Å²) in [4.78, 5) is 26.3. The fraction of sp³-hybridized carbons (Fsp3) is 0.300. The van der Waals surface area contributed by atoms with Gasteiger partial charge in [0.2, 0.25) is 15.9 Å². The maximum absolute atomic E-state index is 12.8.